The Morgan fingerprint density at radius 3 is 3.00 bits per heavy atom. The molecule has 0 aromatic heterocycles. The maximum Gasteiger partial charge on any atom is 0.268 e. The number of hydrogen-bond donors (Lipinski definition) is 2. The van der Waals surface area contributed by atoms with Gasteiger partial charge in [0.15, 0.2) is 0 Å². The molecule has 1 aliphatic heterocycles. The Balaban J connectivity index is 2.46. The van der Waals surface area contributed by atoms with Gasteiger partial charge in [-0.3, -0.25) is 15.6 Å². The largest absolute Gasteiger partial charge is 0.275 e. The van der Waals surface area contributed by atoms with Gasteiger partial charge in [0.05, 0.1) is 0 Å². The molecular formula is C3H6N4O. The summed E-state index contributed by atoms with van der Waals surface area (Å²) >= 11 is 0. The zero-order valence-corrected chi connectivity index (χ0v) is 4.16. The predicted octanol–water partition coefficient (Wildman–Crippen LogP) is -1.76. The highest BCUT2D eigenvalue weighted by molar-refractivity contribution is 5.91. The monoisotopic (exact) mass is 114 g/mol. The van der Waals surface area contributed by atoms with Crippen LogP contribution >= 0.6 is 0 Å². The van der Waals surface area contributed by atoms with E-state index < -0.39 is 0 Å². The van der Waals surface area contributed by atoms with Gasteiger partial charge in [0.25, 0.3) is 5.91 Å². The van der Waals surface area contributed by atoms with Crippen molar-refractivity contribution in [3.8, 4) is 0 Å². The smallest absolute Gasteiger partial charge is 0.268 e. The molecule has 1 rings (SSSR count). The summed E-state index contributed by atoms with van der Waals surface area (Å²) in [5.41, 5.74) is 2.26. The highest BCUT2D eigenvalue weighted by Crippen LogP contribution is 1.87. The van der Waals surface area contributed by atoms with Crippen LogP contribution in [0.5, 0.6) is 0 Å². The summed E-state index contributed by atoms with van der Waals surface area (Å²) in [5, 5.41) is 1.39. The Morgan fingerprint density at radius 2 is 2.75 bits per heavy atom. The summed E-state index contributed by atoms with van der Waals surface area (Å²) in [6, 6.07) is 0. The average Bonchev–Trinajstić information content (AvgIpc) is 2.14. The van der Waals surface area contributed by atoms with Crippen molar-refractivity contribution in [3.63, 3.8) is 0 Å². The lowest BCUT2D eigenvalue weighted by atomic mass is 10.6. The number of hydrazine groups is 2. The molecule has 0 saturated carbocycles. The molecule has 1 heterocycles. The van der Waals surface area contributed by atoms with Crippen LogP contribution in [0, 0.1) is 0 Å². The fourth-order valence-corrected chi connectivity index (χ4v) is 0.440. The van der Waals surface area contributed by atoms with E-state index >= 15 is 0 Å². The number of nitrogens with zero attached hydrogens (tertiary/aromatic N) is 2. The van der Waals surface area contributed by atoms with Crippen LogP contribution in [0.15, 0.2) is 4.99 Å². The summed E-state index contributed by atoms with van der Waals surface area (Å²) in [6.45, 7) is 0.233. The highest BCUT2D eigenvalue weighted by atomic mass is 16.2. The Kier molecular flexibility index (Phi) is 1.23. The van der Waals surface area contributed by atoms with Crippen molar-refractivity contribution in [1.29, 1.82) is 0 Å². The lowest BCUT2D eigenvalue weighted by Gasteiger charge is -2.07. The minimum absolute atomic E-state index is 0.178. The molecule has 0 unspecified atom stereocenters. The molecule has 0 aliphatic carbocycles. The number of nitrogens with two attached hydrogens (primary N) is 1. The molecule has 0 aromatic carbocycles. The first-order valence-electron chi connectivity index (χ1n) is 2.13. The molecule has 5 nitrogen and oxygen atoms in total. The molecule has 0 atom stereocenters. The van der Waals surface area contributed by atoms with E-state index in [0.717, 1.165) is 0 Å². The number of amides is 1. The third-order valence-electron chi connectivity index (χ3n) is 0.813. The van der Waals surface area contributed by atoms with Gasteiger partial charge in [0, 0.05) is 0 Å². The second-order valence-electron chi connectivity index (χ2n) is 1.40. The number of carbonyl (C=O) groups is 1. The molecular weight excluding hydrogens is 108 g/mol. The van der Waals surface area contributed by atoms with Gasteiger partial charge in [-0.25, -0.2) is 4.99 Å². The van der Waals surface area contributed by atoms with Crippen molar-refractivity contribution in [1.82, 2.24) is 10.5 Å². The average molecular weight is 114 g/mol. The van der Waals surface area contributed by atoms with Crippen LogP contribution in [0.4, 0.5) is 0 Å². The van der Waals surface area contributed by atoms with Crippen molar-refractivity contribution >= 4 is 12.2 Å². The number of aliphatic imine (C=N–C) groups is 1. The van der Waals surface area contributed by atoms with Crippen molar-refractivity contribution in [2.75, 3.05) is 6.54 Å². The van der Waals surface area contributed by atoms with E-state index in [2.05, 4.69) is 10.5 Å². The Labute approximate surface area is 46.1 Å². The number of rotatable bonds is 1. The Morgan fingerprint density at radius 1 is 2.00 bits per heavy atom. The summed E-state index contributed by atoms with van der Waals surface area (Å²) in [4.78, 5) is 13.7. The van der Waals surface area contributed by atoms with Gasteiger partial charge >= 0.3 is 0 Å². The maximum atomic E-state index is 10.3. The number of nitrogens with one attached hydrogen (secondary N) is 1. The van der Waals surface area contributed by atoms with Crippen LogP contribution < -0.4 is 11.4 Å². The molecule has 1 aliphatic rings. The maximum absolute atomic E-state index is 10.3. The second-order valence-corrected chi connectivity index (χ2v) is 1.40. The fourth-order valence-electron chi connectivity index (χ4n) is 0.440. The van der Waals surface area contributed by atoms with Gasteiger partial charge in [0.2, 0.25) is 0 Å². The summed E-state index contributed by atoms with van der Waals surface area (Å²) < 4.78 is 0. The highest BCUT2D eigenvalue weighted by Gasteiger charge is 2.10. The van der Waals surface area contributed by atoms with Crippen LogP contribution in [0.2, 0.25) is 0 Å². The topological polar surface area (TPSA) is 70.7 Å². The number of hydrogen-bond acceptors (Lipinski definition) is 4. The molecule has 5 heteroatoms. The van der Waals surface area contributed by atoms with Crippen LogP contribution in [0.1, 0.15) is 0 Å². The van der Waals surface area contributed by atoms with Crippen LogP contribution in [-0.4, -0.2) is 23.8 Å². The van der Waals surface area contributed by atoms with Crippen LogP contribution in [-0.2, 0) is 4.79 Å². The van der Waals surface area contributed by atoms with Gasteiger partial charge in [-0.2, -0.15) is 5.53 Å². The molecule has 0 bridgehead atoms. The standard InChI is InChI=1S/C3H6N4O/c4-6-7-1-3(8)5-2-7/h2,6H,1,4H2. The zero-order valence-electron chi connectivity index (χ0n) is 4.16. The molecule has 0 aromatic rings. The second kappa shape index (κ2) is 1.89. The quantitative estimate of drug-likeness (QED) is 0.313. The van der Waals surface area contributed by atoms with Crippen LogP contribution in [0.25, 0.3) is 0 Å². The molecule has 44 valence electrons. The van der Waals surface area contributed by atoms with E-state index in [1.807, 2.05) is 0 Å². The van der Waals surface area contributed by atoms with Gasteiger partial charge in [-0.15, -0.1) is 0 Å². The molecule has 8 heavy (non-hydrogen) atoms. The number of carbonyl (C=O) groups excluding carboxylic acids is 1. The van der Waals surface area contributed by atoms with E-state index in [-0.39, 0.29) is 12.5 Å². The molecule has 0 spiro atoms. The third kappa shape index (κ3) is 0.824. The summed E-state index contributed by atoms with van der Waals surface area (Å²) in [5.74, 6) is 4.75. The minimum Gasteiger partial charge on any atom is -0.275 e. The van der Waals surface area contributed by atoms with Crippen molar-refractivity contribution in [3.05, 3.63) is 0 Å². The molecule has 0 radical (unpaired) electrons. The SMILES string of the molecule is NNN1C=NC(=O)C1. The van der Waals surface area contributed by atoms with Gasteiger partial charge in [-0.1, -0.05) is 0 Å². The first-order chi connectivity index (χ1) is 3.83. The molecule has 1 amide bonds. The normalized spacial score (nSPS) is 18.1. The summed E-state index contributed by atoms with van der Waals surface area (Å²) in [7, 11) is 0. The first-order valence-corrected chi connectivity index (χ1v) is 2.13. The van der Waals surface area contributed by atoms with E-state index in [1.165, 1.54) is 11.3 Å². The fraction of sp³-hybridized carbons (Fsp3) is 0.333. The van der Waals surface area contributed by atoms with Crippen molar-refractivity contribution in [2.24, 2.45) is 10.8 Å². The molecule has 3 N–H and O–H groups in total. The Bertz CT molecular complexity index is 131. The van der Waals surface area contributed by atoms with Crippen LogP contribution in [0.3, 0.4) is 0 Å². The minimum atomic E-state index is -0.178. The third-order valence-corrected chi connectivity index (χ3v) is 0.813. The molecule has 0 fully saturated rings. The van der Waals surface area contributed by atoms with Gasteiger partial charge in [-0.05, 0) is 0 Å². The van der Waals surface area contributed by atoms with Gasteiger partial charge < -0.3 is 0 Å². The molecule has 0 saturated heterocycles. The lowest BCUT2D eigenvalue weighted by Crippen LogP contribution is -2.41. The lowest BCUT2D eigenvalue weighted by molar-refractivity contribution is -0.117. The van der Waals surface area contributed by atoms with E-state index in [1.54, 1.807) is 0 Å². The zero-order chi connectivity index (χ0) is 5.98. The first kappa shape index (κ1) is 5.20. The Hall–Kier alpha value is -0.940. The summed E-state index contributed by atoms with van der Waals surface area (Å²) in [6.07, 6.45) is 1.35. The van der Waals surface area contributed by atoms with Crippen molar-refractivity contribution in [2.45, 2.75) is 0 Å². The van der Waals surface area contributed by atoms with Gasteiger partial charge in [0.1, 0.15) is 12.9 Å². The van der Waals surface area contributed by atoms with E-state index in [9.17, 15) is 4.79 Å². The van der Waals surface area contributed by atoms with Crippen molar-refractivity contribution < 1.29 is 4.79 Å². The van der Waals surface area contributed by atoms with E-state index in [4.69, 9.17) is 5.84 Å². The van der Waals surface area contributed by atoms with E-state index in [0.29, 0.717) is 0 Å². The predicted molar refractivity (Wildman–Crippen MR) is 27.5 cm³/mol.